The molecule has 4 heteroatoms. The summed E-state index contributed by atoms with van der Waals surface area (Å²) in [6.07, 6.45) is 1.29. The van der Waals surface area contributed by atoms with Crippen LogP contribution in [0.4, 0.5) is 0 Å². The zero-order chi connectivity index (χ0) is 13.5. The summed E-state index contributed by atoms with van der Waals surface area (Å²) in [5, 5.41) is 3.37. The number of nitrogens with one attached hydrogen (secondary N) is 1. The van der Waals surface area contributed by atoms with Crippen LogP contribution in [-0.4, -0.2) is 37.9 Å². The fraction of sp³-hybridized carbons (Fsp3) is 0.600. The molecule has 0 radical (unpaired) electrons. The van der Waals surface area contributed by atoms with Crippen LogP contribution in [0, 0.1) is 0 Å². The van der Waals surface area contributed by atoms with Crippen LogP contribution in [0.3, 0.4) is 0 Å². The van der Waals surface area contributed by atoms with Crippen LogP contribution in [-0.2, 0) is 4.74 Å². The van der Waals surface area contributed by atoms with Gasteiger partial charge in [-0.3, -0.25) is 0 Å². The molecule has 0 amide bonds. The number of hydrogen-bond acceptors (Lipinski definition) is 4. The molecular weight excluding hydrogens is 258 g/mol. The summed E-state index contributed by atoms with van der Waals surface area (Å²) in [5.41, 5.74) is 1.26. The molecule has 0 bridgehead atoms. The number of hydrogen-bond donors (Lipinski definition) is 1. The van der Waals surface area contributed by atoms with Gasteiger partial charge in [0.15, 0.2) is 0 Å². The Kier molecular flexibility index (Phi) is 6.01. The van der Waals surface area contributed by atoms with Gasteiger partial charge in [-0.2, -0.15) is 11.8 Å². The third-order valence-electron chi connectivity index (χ3n) is 3.24. The lowest BCUT2D eigenvalue weighted by atomic mass is 10.0. The predicted octanol–water partition coefficient (Wildman–Crippen LogP) is 2.87. The molecule has 106 valence electrons. The van der Waals surface area contributed by atoms with E-state index in [-0.39, 0.29) is 12.1 Å². The zero-order valence-electron chi connectivity index (χ0n) is 11.7. The van der Waals surface area contributed by atoms with E-state index in [1.54, 1.807) is 0 Å². The van der Waals surface area contributed by atoms with Gasteiger partial charge in [0.05, 0.1) is 25.4 Å². The van der Waals surface area contributed by atoms with E-state index >= 15 is 0 Å². The van der Waals surface area contributed by atoms with Crippen molar-refractivity contribution in [2.45, 2.75) is 25.5 Å². The molecule has 2 unspecified atom stereocenters. The second kappa shape index (κ2) is 7.78. The van der Waals surface area contributed by atoms with Crippen LogP contribution >= 0.6 is 11.8 Å². The standard InChI is InChI=1S/C15H23NO2S/c1-3-8-17-13-6-4-12(5-7-13)15(16-2)14-11-19-10-9-18-14/h4-7,14-16H,3,8-11H2,1-2H3. The van der Waals surface area contributed by atoms with Gasteiger partial charge in [0.25, 0.3) is 0 Å². The van der Waals surface area contributed by atoms with E-state index in [2.05, 4.69) is 24.4 Å². The number of ether oxygens (including phenoxy) is 2. The molecule has 1 aliphatic rings. The van der Waals surface area contributed by atoms with E-state index in [1.165, 1.54) is 5.56 Å². The highest BCUT2D eigenvalue weighted by molar-refractivity contribution is 7.99. The lowest BCUT2D eigenvalue weighted by Gasteiger charge is -2.30. The molecule has 1 fully saturated rings. The number of benzene rings is 1. The Bertz CT molecular complexity index is 363. The largest absolute Gasteiger partial charge is 0.494 e. The Morgan fingerprint density at radius 2 is 2.21 bits per heavy atom. The van der Waals surface area contributed by atoms with E-state index in [0.29, 0.717) is 0 Å². The smallest absolute Gasteiger partial charge is 0.119 e. The van der Waals surface area contributed by atoms with Gasteiger partial charge in [-0.1, -0.05) is 19.1 Å². The molecule has 0 spiro atoms. The maximum atomic E-state index is 5.87. The Morgan fingerprint density at radius 3 is 2.79 bits per heavy atom. The lowest BCUT2D eigenvalue weighted by molar-refractivity contribution is 0.0488. The summed E-state index contributed by atoms with van der Waals surface area (Å²) in [6, 6.07) is 8.62. The maximum absolute atomic E-state index is 5.87. The van der Waals surface area contributed by atoms with Crippen molar-refractivity contribution in [2.75, 3.05) is 31.8 Å². The van der Waals surface area contributed by atoms with E-state index in [0.717, 1.165) is 36.9 Å². The summed E-state index contributed by atoms with van der Waals surface area (Å²) < 4.78 is 11.5. The highest BCUT2D eigenvalue weighted by Gasteiger charge is 2.24. The van der Waals surface area contributed by atoms with Crippen molar-refractivity contribution in [3.63, 3.8) is 0 Å². The first kappa shape index (κ1) is 14.7. The summed E-state index contributed by atoms with van der Waals surface area (Å²) in [4.78, 5) is 0. The Hall–Kier alpha value is -0.710. The maximum Gasteiger partial charge on any atom is 0.119 e. The molecule has 0 aliphatic carbocycles. The van der Waals surface area contributed by atoms with Crippen molar-refractivity contribution >= 4 is 11.8 Å². The van der Waals surface area contributed by atoms with E-state index in [4.69, 9.17) is 9.47 Å². The minimum atomic E-state index is 0.256. The SMILES string of the molecule is CCCOc1ccc(C(NC)C2CSCCO2)cc1. The molecule has 1 saturated heterocycles. The second-order valence-corrected chi connectivity index (χ2v) is 5.82. The van der Waals surface area contributed by atoms with Gasteiger partial charge >= 0.3 is 0 Å². The molecule has 1 N–H and O–H groups in total. The van der Waals surface area contributed by atoms with Crippen LogP contribution in [0.15, 0.2) is 24.3 Å². The van der Waals surface area contributed by atoms with E-state index < -0.39 is 0 Å². The highest BCUT2D eigenvalue weighted by atomic mass is 32.2. The van der Waals surface area contributed by atoms with Gasteiger partial charge in [0, 0.05) is 11.5 Å². The van der Waals surface area contributed by atoms with Gasteiger partial charge in [-0.15, -0.1) is 0 Å². The second-order valence-electron chi connectivity index (χ2n) is 4.67. The van der Waals surface area contributed by atoms with Crippen LogP contribution in [0.25, 0.3) is 0 Å². The van der Waals surface area contributed by atoms with Crippen molar-refractivity contribution in [2.24, 2.45) is 0 Å². The average Bonchev–Trinajstić information content (AvgIpc) is 2.48. The van der Waals surface area contributed by atoms with Gasteiger partial charge < -0.3 is 14.8 Å². The molecule has 0 saturated carbocycles. The van der Waals surface area contributed by atoms with E-state index in [9.17, 15) is 0 Å². The molecule has 1 aliphatic heterocycles. The molecule has 1 aromatic rings. The van der Waals surface area contributed by atoms with Crippen LogP contribution in [0.2, 0.25) is 0 Å². The number of thioether (sulfide) groups is 1. The van der Waals surface area contributed by atoms with Gasteiger partial charge in [0.1, 0.15) is 5.75 Å². The molecular formula is C15H23NO2S. The summed E-state index contributed by atoms with van der Waals surface area (Å²) in [7, 11) is 1.99. The van der Waals surface area contributed by atoms with Gasteiger partial charge in [0.2, 0.25) is 0 Å². The molecule has 19 heavy (non-hydrogen) atoms. The third kappa shape index (κ3) is 4.13. The summed E-state index contributed by atoms with van der Waals surface area (Å²) >= 11 is 1.97. The van der Waals surface area contributed by atoms with Gasteiger partial charge in [-0.05, 0) is 31.2 Å². The normalized spacial score (nSPS) is 21.1. The monoisotopic (exact) mass is 281 g/mol. The zero-order valence-corrected chi connectivity index (χ0v) is 12.5. The molecule has 1 heterocycles. The first-order valence-electron chi connectivity index (χ1n) is 6.94. The summed E-state index contributed by atoms with van der Waals surface area (Å²) in [6.45, 7) is 3.74. The van der Waals surface area contributed by atoms with Crippen LogP contribution < -0.4 is 10.1 Å². The van der Waals surface area contributed by atoms with Crippen molar-refractivity contribution in [1.82, 2.24) is 5.32 Å². The first-order chi connectivity index (χ1) is 9.35. The van der Waals surface area contributed by atoms with Crippen molar-refractivity contribution < 1.29 is 9.47 Å². The topological polar surface area (TPSA) is 30.5 Å². The van der Waals surface area contributed by atoms with E-state index in [1.807, 2.05) is 30.9 Å². The molecule has 3 nitrogen and oxygen atoms in total. The fourth-order valence-corrected chi connectivity index (χ4v) is 3.16. The number of likely N-dealkylation sites (N-methyl/N-ethyl adjacent to an activating group) is 1. The lowest BCUT2D eigenvalue weighted by Crippen LogP contribution is -2.36. The Morgan fingerprint density at radius 1 is 1.42 bits per heavy atom. The van der Waals surface area contributed by atoms with Gasteiger partial charge in [-0.25, -0.2) is 0 Å². The minimum absolute atomic E-state index is 0.256. The molecule has 2 rings (SSSR count). The molecule has 2 atom stereocenters. The van der Waals surface area contributed by atoms with Crippen LogP contribution in [0.1, 0.15) is 24.9 Å². The number of rotatable bonds is 6. The third-order valence-corrected chi connectivity index (χ3v) is 4.26. The quantitative estimate of drug-likeness (QED) is 0.868. The Balaban J connectivity index is 2.01. The van der Waals surface area contributed by atoms with Crippen molar-refractivity contribution in [1.29, 1.82) is 0 Å². The van der Waals surface area contributed by atoms with Crippen molar-refractivity contribution in [3.8, 4) is 5.75 Å². The minimum Gasteiger partial charge on any atom is -0.494 e. The Labute approximate surface area is 120 Å². The predicted molar refractivity (Wildman–Crippen MR) is 81.1 cm³/mol. The fourth-order valence-electron chi connectivity index (χ4n) is 2.26. The average molecular weight is 281 g/mol. The highest BCUT2D eigenvalue weighted by Crippen LogP contribution is 2.26. The molecule has 1 aromatic carbocycles. The molecule has 0 aromatic heterocycles. The first-order valence-corrected chi connectivity index (χ1v) is 8.10. The van der Waals surface area contributed by atoms with Crippen molar-refractivity contribution in [3.05, 3.63) is 29.8 Å². The van der Waals surface area contributed by atoms with Crippen LogP contribution in [0.5, 0.6) is 5.75 Å². The summed E-state index contributed by atoms with van der Waals surface area (Å²) in [5.74, 6) is 3.11.